The third kappa shape index (κ3) is 3.55. The minimum absolute atomic E-state index is 0.144. The predicted octanol–water partition coefficient (Wildman–Crippen LogP) is 2.29. The molecule has 1 fully saturated rings. The van der Waals surface area contributed by atoms with Crippen LogP contribution in [0.1, 0.15) is 24.3 Å². The molecule has 1 aliphatic rings. The largest absolute Gasteiger partial charge is 0.480 e. The second-order valence-electron chi connectivity index (χ2n) is 5.11. The van der Waals surface area contributed by atoms with Crippen molar-refractivity contribution in [2.24, 2.45) is 5.92 Å². The molecule has 1 aliphatic carbocycles. The minimum atomic E-state index is -2.89. The molecule has 1 saturated carbocycles. The zero-order chi connectivity index (χ0) is 16.4. The Morgan fingerprint density at radius 3 is 2.36 bits per heavy atom. The van der Waals surface area contributed by atoms with Crippen LogP contribution >= 0.6 is 0 Å². The van der Waals surface area contributed by atoms with Crippen molar-refractivity contribution in [1.82, 2.24) is 5.32 Å². The van der Waals surface area contributed by atoms with Gasteiger partial charge in [0.2, 0.25) is 12.3 Å². The van der Waals surface area contributed by atoms with E-state index in [1.165, 1.54) is 6.07 Å². The van der Waals surface area contributed by atoms with E-state index in [1.54, 1.807) is 0 Å². The van der Waals surface area contributed by atoms with Crippen LogP contribution in [0.5, 0.6) is 0 Å². The second kappa shape index (κ2) is 6.33. The second-order valence-corrected chi connectivity index (χ2v) is 5.11. The summed E-state index contributed by atoms with van der Waals surface area (Å²) in [5.74, 6) is -5.47. The summed E-state index contributed by atoms with van der Waals surface area (Å²) in [5, 5.41) is 10.8. The fraction of sp³-hybridized carbons (Fsp3) is 0.429. The van der Waals surface area contributed by atoms with Crippen LogP contribution in [-0.2, 0) is 9.59 Å². The molecule has 2 rings (SSSR count). The average Bonchev–Trinajstić information content (AvgIpc) is 3.17. The Hall–Kier alpha value is -2.12. The number of nitrogens with one attached hydrogen (secondary N) is 1. The molecule has 1 aromatic carbocycles. The van der Waals surface area contributed by atoms with Crippen molar-refractivity contribution >= 4 is 11.9 Å². The highest BCUT2D eigenvalue weighted by molar-refractivity contribution is 5.87. The number of hydrogen-bond donors (Lipinski definition) is 2. The maximum atomic E-state index is 13.6. The highest BCUT2D eigenvalue weighted by atomic mass is 19.3. The van der Waals surface area contributed by atoms with Crippen LogP contribution in [0.15, 0.2) is 18.2 Å². The van der Waals surface area contributed by atoms with Crippen molar-refractivity contribution < 1.29 is 32.3 Å². The van der Waals surface area contributed by atoms with Crippen molar-refractivity contribution in [1.29, 1.82) is 0 Å². The summed E-state index contributed by atoms with van der Waals surface area (Å²) in [5.41, 5.74) is -0.233. The van der Waals surface area contributed by atoms with Crippen molar-refractivity contribution in [3.8, 4) is 0 Å². The normalized spacial score (nSPS) is 21.5. The molecule has 8 heteroatoms. The van der Waals surface area contributed by atoms with Crippen molar-refractivity contribution in [2.75, 3.05) is 0 Å². The summed E-state index contributed by atoms with van der Waals surface area (Å²) in [6, 6.07) is 1.58. The zero-order valence-corrected chi connectivity index (χ0v) is 11.2. The number of hydrogen-bond acceptors (Lipinski definition) is 2. The van der Waals surface area contributed by atoms with E-state index in [-0.39, 0.29) is 12.0 Å². The lowest BCUT2D eigenvalue weighted by molar-refractivity contribution is -0.143. The van der Waals surface area contributed by atoms with E-state index >= 15 is 0 Å². The minimum Gasteiger partial charge on any atom is -0.480 e. The van der Waals surface area contributed by atoms with E-state index in [9.17, 15) is 27.2 Å². The monoisotopic (exact) mass is 319 g/mol. The van der Waals surface area contributed by atoms with Crippen LogP contribution in [0.2, 0.25) is 0 Å². The first-order chi connectivity index (χ1) is 10.3. The van der Waals surface area contributed by atoms with E-state index in [0.29, 0.717) is 0 Å². The number of carbonyl (C=O) groups excluding carboxylic acids is 1. The lowest BCUT2D eigenvalue weighted by atomic mass is 10.1. The van der Waals surface area contributed by atoms with Gasteiger partial charge in [-0.05, 0) is 18.6 Å². The van der Waals surface area contributed by atoms with E-state index in [1.807, 2.05) is 5.32 Å². The molecule has 22 heavy (non-hydrogen) atoms. The molecule has 0 bridgehead atoms. The molecule has 0 aromatic heterocycles. The molecular weight excluding hydrogens is 306 g/mol. The molecule has 1 aromatic rings. The predicted molar refractivity (Wildman–Crippen MR) is 67.4 cm³/mol. The summed E-state index contributed by atoms with van der Waals surface area (Å²) >= 11 is 0. The molecule has 120 valence electrons. The lowest BCUT2D eigenvalue weighted by Crippen LogP contribution is -2.42. The summed E-state index contributed by atoms with van der Waals surface area (Å²) in [4.78, 5) is 22.6. The van der Waals surface area contributed by atoms with Gasteiger partial charge in [-0.2, -0.15) is 0 Å². The van der Waals surface area contributed by atoms with Crippen molar-refractivity contribution in [3.05, 3.63) is 35.4 Å². The highest BCUT2D eigenvalue weighted by Crippen LogP contribution is 2.49. The molecule has 0 radical (unpaired) electrons. The highest BCUT2D eigenvalue weighted by Gasteiger charge is 2.47. The molecule has 2 N–H and O–H groups in total. The molecule has 0 aliphatic heterocycles. The van der Waals surface area contributed by atoms with Gasteiger partial charge >= 0.3 is 5.97 Å². The summed E-state index contributed by atoms with van der Waals surface area (Å²) in [6.45, 7) is 0. The number of halogens is 4. The quantitative estimate of drug-likeness (QED) is 0.791. The van der Waals surface area contributed by atoms with Gasteiger partial charge in [-0.15, -0.1) is 0 Å². The van der Waals surface area contributed by atoms with Gasteiger partial charge in [-0.3, -0.25) is 4.79 Å². The van der Waals surface area contributed by atoms with E-state index in [0.717, 1.165) is 12.1 Å². The van der Waals surface area contributed by atoms with E-state index < -0.39 is 54.2 Å². The third-order valence-corrected chi connectivity index (χ3v) is 3.53. The van der Waals surface area contributed by atoms with Gasteiger partial charge < -0.3 is 10.4 Å². The Balaban J connectivity index is 2.02. The first kappa shape index (κ1) is 16.3. The van der Waals surface area contributed by atoms with Crippen LogP contribution < -0.4 is 5.32 Å². The molecule has 1 amide bonds. The van der Waals surface area contributed by atoms with Gasteiger partial charge in [-0.1, -0.05) is 6.07 Å². The maximum Gasteiger partial charge on any atom is 0.326 e. The van der Waals surface area contributed by atoms with Gasteiger partial charge in [-0.25, -0.2) is 22.4 Å². The van der Waals surface area contributed by atoms with Gasteiger partial charge in [0, 0.05) is 23.8 Å². The smallest absolute Gasteiger partial charge is 0.326 e. The lowest BCUT2D eigenvalue weighted by Gasteiger charge is -2.14. The molecule has 4 nitrogen and oxygen atoms in total. The standard InChI is InChI=1S/C14H13F4NO3/c15-8-2-1-3-9(16)12(8)6-4-7(6)13(20)19-10(14(21)22)5-11(17)18/h1-3,6-7,10-11H,4-5H2,(H,19,20)(H,21,22). The first-order valence-electron chi connectivity index (χ1n) is 6.56. The number of rotatable bonds is 6. The average molecular weight is 319 g/mol. The number of carbonyl (C=O) groups is 2. The van der Waals surface area contributed by atoms with Crippen molar-refractivity contribution in [2.45, 2.75) is 31.2 Å². The van der Waals surface area contributed by atoms with Gasteiger partial charge in [0.1, 0.15) is 17.7 Å². The number of carboxylic acid groups (broad SMARTS) is 1. The molecule has 0 saturated heterocycles. The van der Waals surface area contributed by atoms with E-state index in [4.69, 9.17) is 5.11 Å². The van der Waals surface area contributed by atoms with Gasteiger partial charge in [0.25, 0.3) is 0 Å². The first-order valence-corrected chi connectivity index (χ1v) is 6.56. The van der Waals surface area contributed by atoms with Crippen LogP contribution in [0.25, 0.3) is 0 Å². The van der Waals surface area contributed by atoms with Crippen molar-refractivity contribution in [3.63, 3.8) is 0 Å². The Bertz CT molecular complexity index is 573. The third-order valence-electron chi connectivity index (χ3n) is 3.53. The molecule has 0 heterocycles. The van der Waals surface area contributed by atoms with Crippen LogP contribution in [0, 0.1) is 17.6 Å². The van der Waals surface area contributed by atoms with Gasteiger partial charge in [0.15, 0.2) is 0 Å². The number of carboxylic acids is 1. The zero-order valence-electron chi connectivity index (χ0n) is 11.2. The fourth-order valence-corrected chi connectivity index (χ4v) is 2.35. The van der Waals surface area contributed by atoms with Crippen LogP contribution in [0.3, 0.4) is 0 Å². The molecule has 3 atom stereocenters. The van der Waals surface area contributed by atoms with Crippen LogP contribution in [-0.4, -0.2) is 29.5 Å². The van der Waals surface area contributed by atoms with E-state index in [2.05, 4.69) is 0 Å². The SMILES string of the molecule is O=C(O)C(CC(F)F)NC(=O)C1CC1c1c(F)cccc1F. The Labute approximate surface area is 123 Å². The Morgan fingerprint density at radius 2 is 1.86 bits per heavy atom. The summed E-state index contributed by atoms with van der Waals surface area (Å²) in [6.07, 6.45) is -3.77. The molecular formula is C14H13F4NO3. The number of alkyl halides is 2. The topological polar surface area (TPSA) is 66.4 Å². The summed E-state index contributed by atoms with van der Waals surface area (Å²) in [7, 11) is 0. The maximum absolute atomic E-state index is 13.6. The molecule has 0 spiro atoms. The Morgan fingerprint density at radius 1 is 1.27 bits per heavy atom. The number of amides is 1. The van der Waals surface area contributed by atoms with Crippen LogP contribution in [0.4, 0.5) is 17.6 Å². The number of benzene rings is 1. The van der Waals surface area contributed by atoms with Gasteiger partial charge in [0.05, 0.1) is 0 Å². The Kier molecular flexibility index (Phi) is 4.68. The summed E-state index contributed by atoms with van der Waals surface area (Å²) < 4.78 is 51.6. The number of aliphatic carboxylic acids is 1. The fourth-order valence-electron chi connectivity index (χ4n) is 2.35. The molecule has 3 unspecified atom stereocenters.